The third-order valence-electron chi connectivity index (χ3n) is 3.31. The van der Waals surface area contributed by atoms with E-state index in [9.17, 15) is 0 Å². The van der Waals surface area contributed by atoms with Gasteiger partial charge in [-0.05, 0) is 42.9 Å². The highest BCUT2D eigenvalue weighted by atomic mass is 16.5. The molecule has 1 aromatic rings. The summed E-state index contributed by atoms with van der Waals surface area (Å²) < 4.78 is 10.3. The highest BCUT2D eigenvalue weighted by Gasteiger charge is 2.12. The molecule has 4 nitrogen and oxygen atoms in total. The number of benzene rings is 1. The Bertz CT molecular complexity index is 341. The Kier molecular flexibility index (Phi) is 7.48. The van der Waals surface area contributed by atoms with Gasteiger partial charge in [-0.2, -0.15) is 0 Å². The first-order valence-corrected chi connectivity index (χ1v) is 6.77. The van der Waals surface area contributed by atoms with Crippen molar-refractivity contribution in [1.29, 1.82) is 0 Å². The summed E-state index contributed by atoms with van der Waals surface area (Å²) in [5.41, 5.74) is 4.21. The molecular weight excluding hydrogens is 240 g/mol. The van der Waals surface area contributed by atoms with Crippen molar-refractivity contribution in [2.75, 3.05) is 20.8 Å². The molecular formula is C15H26N2O2. The van der Waals surface area contributed by atoms with Crippen LogP contribution in [0.3, 0.4) is 0 Å². The van der Waals surface area contributed by atoms with Crippen molar-refractivity contribution in [3.63, 3.8) is 0 Å². The number of nitrogens with two attached hydrogens (primary N) is 1. The Morgan fingerprint density at radius 1 is 1.21 bits per heavy atom. The first-order chi connectivity index (χ1) is 9.19. The molecule has 1 aromatic carbocycles. The van der Waals surface area contributed by atoms with E-state index in [-0.39, 0.29) is 0 Å². The van der Waals surface area contributed by atoms with Gasteiger partial charge in [0.1, 0.15) is 5.75 Å². The van der Waals surface area contributed by atoms with Crippen LogP contribution in [0, 0.1) is 5.92 Å². The average Bonchev–Trinajstić information content (AvgIpc) is 2.44. The molecule has 0 aliphatic heterocycles. The van der Waals surface area contributed by atoms with Crippen molar-refractivity contribution >= 4 is 0 Å². The number of hydrogen-bond donors (Lipinski definition) is 2. The lowest BCUT2D eigenvalue weighted by atomic mass is 9.97. The van der Waals surface area contributed by atoms with E-state index < -0.39 is 0 Å². The van der Waals surface area contributed by atoms with Crippen molar-refractivity contribution in [3.05, 3.63) is 29.8 Å². The quantitative estimate of drug-likeness (QED) is 0.531. The minimum atomic E-state index is 0.326. The summed E-state index contributed by atoms with van der Waals surface area (Å²) in [6.45, 7) is 2.96. The van der Waals surface area contributed by atoms with Crippen LogP contribution in [0.15, 0.2) is 24.3 Å². The van der Waals surface area contributed by atoms with Crippen LogP contribution in [0.1, 0.15) is 25.3 Å². The number of nitrogens with one attached hydrogen (secondary N) is 1. The lowest BCUT2D eigenvalue weighted by Gasteiger charge is -2.19. The number of rotatable bonds is 9. The molecule has 0 saturated carbocycles. The molecule has 0 spiro atoms. The van der Waals surface area contributed by atoms with E-state index in [2.05, 4.69) is 24.5 Å². The molecule has 3 N–H and O–H groups in total. The van der Waals surface area contributed by atoms with Gasteiger partial charge in [0.2, 0.25) is 0 Å². The van der Waals surface area contributed by atoms with Crippen LogP contribution in [0.5, 0.6) is 5.75 Å². The Labute approximate surface area is 116 Å². The zero-order chi connectivity index (χ0) is 14.1. The second kappa shape index (κ2) is 8.91. The summed E-state index contributed by atoms with van der Waals surface area (Å²) >= 11 is 0. The van der Waals surface area contributed by atoms with Crippen LogP contribution in [-0.4, -0.2) is 26.9 Å². The summed E-state index contributed by atoms with van der Waals surface area (Å²) in [5, 5.41) is 0. The van der Waals surface area contributed by atoms with Crippen LogP contribution in [0.2, 0.25) is 0 Å². The van der Waals surface area contributed by atoms with E-state index in [4.69, 9.17) is 15.3 Å². The number of ether oxygens (including phenoxy) is 2. The standard InChI is InChI=1S/C15H26N2O2/c1-12(11-18-2)10-14(17-16)7-4-13-5-8-15(19-3)9-6-13/h5-6,8-9,12,14,17H,4,7,10-11,16H2,1-3H3. The van der Waals surface area contributed by atoms with Gasteiger partial charge in [-0.3, -0.25) is 11.3 Å². The highest BCUT2D eigenvalue weighted by molar-refractivity contribution is 5.27. The fourth-order valence-electron chi connectivity index (χ4n) is 2.24. The second-order valence-electron chi connectivity index (χ2n) is 5.05. The lowest BCUT2D eigenvalue weighted by molar-refractivity contribution is 0.148. The molecule has 0 aromatic heterocycles. The summed E-state index contributed by atoms with van der Waals surface area (Å²) in [6.07, 6.45) is 3.07. The SMILES string of the molecule is COCC(C)CC(CCc1ccc(OC)cc1)NN. The van der Waals surface area contributed by atoms with Crippen LogP contribution >= 0.6 is 0 Å². The normalized spacial score (nSPS) is 14.1. The van der Waals surface area contributed by atoms with E-state index in [1.807, 2.05) is 12.1 Å². The van der Waals surface area contributed by atoms with Crippen molar-refractivity contribution in [2.45, 2.75) is 32.2 Å². The zero-order valence-corrected chi connectivity index (χ0v) is 12.2. The maximum atomic E-state index is 5.62. The van der Waals surface area contributed by atoms with E-state index in [1.165, 1.54) is 5.56 Å². The fraction of sp³-hybridized carbons (Fsp3) is 0.600. The predicted octanol–water partition coefficient (Wildman–Crippen LogP) is 2.13. The molecule has 1 rings (SSSR count). The van der Waals surface area contributed by atoms with Gasteiger partial charge >= 0.3 is 0 Å². The monoisotopic (exact) mass is 266 g/mol. The van der Waals surface area contributed by atoms with Gasteiger partial charge in [-0.25, -0.2) is 0 Å². The average molecular weight is 266 g/mol. The van der Waals surface area contributed by atoms with Gasteiger partial charge in [-0.15, -0.1) is 0 Å². The molecule has 0 amide bonds. The first-order valence-electron chi connectivity index (χ1n) is 6.77. The number of aryl methyl sites for hydroxylation is 1. The summed E-state index contributed by atoms with van der Waals surface area (Å²) in [7, 11) is 3.42. The molecule has 2 atom stereocenters. The Balaban J connectivity index is 2.39. The van der Waals surface area contributed by atoms with Crippen molar-refractivity contribution in [1.82, 2.24) is 5.43 Å². The van der Waals surface area contributed by atoms with Crippen molar-refractivity contribution in [3.8, 4) is 5.75 Å². The Morgan fingerprint density at radius 2 is 1.89 bits per heavy atom. The van der Waals surface area contributed by atoms with E-state index >= 15 is 0 Å². The molecule has 19 heavy (non-hydrogen) atoms. The molecule has 2 unspecified atom stereocenters. The minimum absolute atomic E-state index is 0.326. The fourth-order valence-corrected chi connectivity index (χ4v) is 2.24. The molecule has 0 bridgehead atoms. The third-order valence-corrected chi connectivity index (χ3v) is 3.31. The topological polar surface area (TPSA) is 56.5 Å². The predicted molar refractivity (Wildman–Crippen MR) is 78.1 cm³/mol. The number of methoxy groups -OCH3 is 2. The first kappa shape index (κ1) is 16.0. The van der Waals surface area contributed by atoms with Gasteiger partial charge < -0.3 is 9.47 Å². The smallest absolute Gasteiger partial charge is 0.118 e. The maximum Gasteiger partial charge on any atom is 0.118 e. The van der Waals surface area contributed by atoms with Crippen molar-refractivity contribution < 1.29 is 9.47 Å². The number of hydrogen-bond acceptors (Lipinski definition) is 4. The Hall–Kier alpha value is -1.10. The van der Waals surface area contributed by atoms with Crippen LogP contribution in [0.4, 0.5) is 0 Å². The molecule has 0 aliphatic rings. The van der Waals surface area contributed by atoms with E-state index in [0.717, 1.165) is 31.6 Å². The van der Waals surface area contributed by atoms with Crippen LogP contribution in [-0.2, 0) is 11.2 Å². The van der Waals surface area contributed by atoms with Crippen molar-refractivity contribution in [2.24, 2.45) is 11.8 Å². The molecule has 0 fully saturated rings. The minimum Gasteiger partial charge on any atom is -0.497 e. The van der Waals surface area contributed by atoms with E-state index in [1.54, 1.807) is 14.2 Å². The third kappa shape index (κ3) is 6.05. The van der Waals surface area contributed by atoms with Crippen LogP contribution in [0.25, 0.3) is 0 Å². The lowest BCUT2D eigenvalue weighted by Crippen LogP contribution is -2.37. The summed E-state index contributed by atoms with van der Waals surface area (Å²) in [4.78, 5) is 0. The maximum absolute atomic E-state index is 5.62. The Morgan fingerprint density at radius 3 is 2.42 bits per heavy atom. The largest absolute Gasteiger partial charge is 0.497 e. The molecule has 4 heteroatoms. The molecule has 0 aliphatic carbocycles. The van der Waals surface area contributed by atoms with Gasteiger partial charge in [0, 0.05) is 19.8 Å². The van der Waals surface area contributed by atoms with Crippen LogP contribution < -0.4 is 16.0 Å². The summed E-state index contributed by atoms with van der Waals surface area (Å²) in [5.74, 6) is 7.03. The summed E-state index contributed by atoms with van der Waals surface area (Å²) in [6, 6.07) is 8.52. The van der Waals surface area contributed by atoms with E-state index in [0.29, 0.717) is 12.0 Å². The van der Waals surface area contributed by atoms with Gasteiger partial charge in [-0.1, -0.05) is 19.1 Å². The molecule has 0 radical (unpaired) electrons. The molecule has 0 heterocycles. The number of hydrazine groups is 1. The second-order valence-corrected chi connectivity index (χ2v) is 5.05. The van der Waals surface area contributed by atoms with Gasteiger partial charge in [0.05, 0.1) is 7.11 Å². The van der Waals surface area contributed by atoms with Gasteiger partial charge in [0.25, 0.3) is 0 Å². The molecule has 0 saturated heterocycles. The molecule has 108 valence electrons. The van der Waals surface area contributed by atoms with Gasteiger partial charge in [0.15, 0.2) is 0 Å². The zero-order valence-electron chi connectivity index (χ0n) is 12.2. The highest BCUT2D eigenvalue weighted by Crippen LogP contribution is 2.15.